The van der Waals surface area contributed by atoms with Crippen LogP contribution in [0.2, 0.25) is 0 Å². The standard InChI is InChI=1S/C25H36N2O2/c1-3-18(2)27(17-19-7-5-4-6-8-19)23(28)9-10-26-24(29)25-14-20-11-21(15-25)13-22(12-20)16-25/h4-8,18,20-22H,3,9-17H2,1-2H3,(H,26,29). The molecule has 4 heteroatoms. The molecule has 1 atom stereocenters. The van der Waals surface area contributed by atoms with Crippen molar-refractivity contribution in [2.45, 2.75) is 77.8 Å². The van der Waals surface area contributed by atoms with Gasteiger partial charge in [-0.2, -0.15) is 0 Å². The zero-order chi connectivity index (χ0) is 20.4. The van der Waals surface area contributed by atoms with E-state index in [-0.39, 0.29) is 23.3 Å². The van der Waals surface area contributed by atoms with Gasteiger partial charge >= 0.3 is 0 Å². The minimum atomic E-state index is -0.127. The Bertz CT molecular complexity index is 694. The van der Waals surface area contributed by atoms with Crippen LogP contribution in [0.5, 0.6) is 0 Å². The highest BCUT2D eigenvalue weighted by molar-refractivity contribution is 5.84. The molecule has 0 spiro atoms. The molecule has 4 saturated carbocycles. The van der Waals surface area contributed by atoms with Crippen LogP contribution >= 0.6 is 0 Å². The molecule has 0 heterocycles. The Morgan fingerprint density at radius 2 is 1.66 bits per heavy atom. The summed E-state index contributed by atoms with van der Waals surface area (Å²) >= 11 is 0. The summed E-state index contributed by atoms with van der Waals surface area (Å²) in [5, 5.41) is 3.16. The SMILES string of the molecule is CCC(C)N(Cc1ccccc1)C(=O)CCNC(=O)C12CC3CC(CC(C3)C1)C2. The Balaban J connectivity index is 1.31. The van der Waals surface area contributed by atoms with E-state index >= 15 is 0 Å². The predicted octanol–water partition coefficient (Wildman–Crippen LogP) is 4.54. The molecule has 4 fully saturated rings. The first-order chi connectivity index (χ1) is 14.0. The number of carbonyl (C=O) groups excluding carboxylic acids is 2. The maximum Gasteiger partial charge on any atom is 0.226 e. The highest BCUT2D eigenvalue weighted by Crippen LogP contribution is 2.60. The molecule has 4 nitrogen and oxygen atoms in total. The van der Waals surface area contributed by atoms with E-state index in [1.54, 1.807) is 0 Å². The summed E-state index contributed by atoms with van der Waals surface area (Å²) in [6, 6.07) is 10.4. The second-order valence-electron chi connectivity index (χ2n) is 9.97. The second kappa shape index (κ2) is 8.49. The molecule has 0 saturated heterocycles. The van der Waals surface area contributed by atoms with Crippen LogP contribution in [0.15, 0.2) is 30.3 Å². The Labute approximate surface area is 175 Å². The summed E-state index contributed by atoms with van der Waals surface area (Å²) in [6.45, 7) is 5.32. The highest BCUT2D eigenvalue weighted by atomic mass is 16.2. The average molecular weight is 397 g/mol. The molecule has 2 amide bonds. The molecule has 1 aromatic rings. The monoisotopic (exact) mass is 396 g/mol. The molecule has 0 aromatic heterocycles. The van der Waals surface area contributed by atoms with Crippen molar-refractivity contribution >= 4 is 11.8 Å². The molecule has 29 heavy (non-hydrogen) atoms. The fraction of sp³-hybridized carbons (Fsp3) is 0.680. The van der Waals surface area contributed by atoms with Crippen molar-refractivity contribution in [1.29, 1.82) is 0 Å². The van der Waals surface area contributed by atoms with Crippen molar-refractivity contribution in [3.05, 3.63) is 35.9 Å². The molecule has 5 rings (SSSR count). The summed E-state index contributed by atoms with van der Waals surface area (Å²) in [4.78, 5) is 28.0. The van der Waals surface area contributed by atoms with Gasteiger partial charge in [-0.3, -0.25) is 9.59 Å². The third-order valence-electron chi connectivity index (χ3n) is 7.78. The van der Waals surface area contributed by atoms with Crippen molar-refractivity contribution in [1.82, 2.24) is 10.2 Å². The summed E-state index contributed by atoms with van der Waals surface area (Å²) in [6.07, 6.45) is 8.56. The molecule has 0 radical (unpaired) electrons. The van der Waals surface area contributed by atoms with Gasteiger partial charge in [-0.25, -0.2) is 0 Å². The third kappa shape index (κ3) is 4.36. The maximum atomic E-state index is 13.1. The zero-order valence-corrected chi connectivity index (χ0v) is 18.0. The molecular formula is C25H36N2O2. The maximum absolute atomic E-state index is 13.1. The molecule has 4 bridgehead atoms. The van der Waals surface area contributed by atoms with E-state index in [1.807, 2.05) is 23.1 Å². The number of nitrogens with one attached hydrogen (secondary N) is 1. The molecule has 0 aliphatic heterocycles. The van der Waals surface area contributed by atoms with Crippen LogP contribution in [-0.2, 0) is 16.1 Å². The second-order valence-corrected chi connectivity index (χ2v) is 9.97. The van der Waals surface area contributed by atoms with Crippen LogP contribution in [0.4, 0.5) is 0 Å². The smallest absolute Gasteiger partial charge is 0.226 e. The van der Waals surface area contributed by atoms with Crippen LogP contribution in [0.1, 0.15) is 70.8 Å². The lowest BCUT2D eigenvalue weighted by atomic mass is 9.49. The van der Waals surface area contributed by atoms with Gasteiger partial charge in [0.1, 0.15) is 0 Å². The van der Waals surface area contributed by atoms with Crippen molar-refractivity contribution in [2.75, 3.05) is 6.54 Å². The van der Waals surface area contributed by atoms with Crippen LogP contribution < -0.4 is 5.32 Å². The largest absolute Gasteiger partial charge is 0.355 e. The van der Waals surface area contributed by atoms with Gasteiger partial charge in [0, 0.05) is 31.0 Å². The average Bonchev–Trinajstić information content (AvgIpc) is 2.71. The van der Waals surface area contributed by atoms with Gasteiger partial charge < -0.3 is 10.2 Å². The normalized spacial score (nSPS) is 30.8. The van der Waals surface area contributed by atoms with Gasteiger partial charge in [0.25, 0.3) is 0 Å². The van der Waals surface area contributed by atoms with E-state index in [0.717, 1.165) is 49.0 Å². The first kappa shape index (κ1) is 20.4. The summed E-state index contributed by atoms with van der Waals surface area (Å²) < 4.78 is 0. The van der Waals surface area contributed by atoms with E-state index in [0.29, 0.717) is 19.5 Å². The summed E-state index contributed by atoms with van der Waals surface area (Å²) in [5.74, 6) is 2.65. The number of nitrogens with zero attached hydrogens (tertiary/aromatic N) is 1. The summed E-state index contributed by atoms with van der Waals surface area (Å²) in [5.41, 5.74) is 1.02. The number of hydrogen-bond donors (Lipinski definition) is 1. The molecule has 1 aromatic carbocycles. The van der Waals surface area contributed by atoms with Gasteiger partial charge in [-0.05, 0) is 75.2 Å². The van der Waals surface area contributed by atoms with E-state index in [1.165, 1.54) is 19.3 Å². The Morgan fingerprint density at radius 1 is 1.07 bits per heavy atom. The highest BCUT2D eigenvalue weighted by Gasteiger charge is 2.54. The van der Waals surface area contributed by atoms with Crippen molar-refractivity contribution in [2.24, 2.45) is 23.2 Å². The third-order valence-corrected chi connectivity index (χ3v) is 7.78. The zero-order valence-electron chi connectivity index (χ0n) is 18.0. The van der Waals surface area contributed by atoms with Crippen LogP contribution in [0.25, 0.3) is 0 Å². The van der Waals surface area contributed by atoms with Crippen LogP contribution in [0, 0.1) is 23.2 Å². The first-order valence-corrected chi connectivity index (χ1v) is 11.6. The van der Waals surface area contributed by atoms with Crippen LogP contribution in [-0.4, -0.2) is 29.3 Å². The lowest BCUT2D eigenvalue weighted by Gasteiger charge is -2.55. The molecular weight excluding hydrogens is 360 g/mol. The summed E-state index contributed by atoms with van der Waals surface area (Å²) in [7, 11) is 0. The lowest BCUT2D eigenvalue weighted by molar-refractivity contribution is -0.146. The fourth-order valence-corrected chi connectivity index (χ4v) is 6.49. The number of amides is 2. The quantitative estimate of drug-likeness (QED) is 0.701. The van der Waals surface area contributed by atoms with E-state index in [2.05, 4.69) is 31.3 Å². The minimum Gasteiger partial charge on any atom is -0.355 e. The molecule has 1 unspecified atom stereocenters. The Hall–Kier alpha value is -1.84. The minimum absolute atomic E-state index is 0.127. The predicted molar refractivity (Wildman–Crippen MR) is 115 cm³/mol. The van der Waals surface area contributed by atoms with Crippen molar-refractivity contribution in [3.8, 4) is 0 Å². The molecule has 4 aliphatic rings. The van der Waals surface area contributed by atoms with E-state index in [9.17, 15) is 9.59 Å². The Morgan fingerprint density at radius 3 is 2.21 bits per heavy atom. The van der Waals surface area contributed by atoms with Crippen molar-refractivity contribution < 1.29 is 9.59 Å². The molecule has 1 N–H and O–H groups in total. The van der Waals surface area contributed by atoms with Gasteiger partial charge in [-0.15, -0.1) is 0 Å². The number of hydrogen-bond acceptors (Lipinski definition) is 2. The lowest BCUT2D eigenvalue weighted by Crippen LogP contribution is -2.54. The van der Waals surface area contributed by atoms with Crippen LogP contribution in [0.3, 0.4) is 0 Å². The van der Waals surface area contributed by atoms with Gasteiger partial charge in [0.15, 0.2) is 0 Å². The Kier molecular flexibility index (Phi) is 5.98. The number of rotatable bonds is 8. The van der Waals surface area contributed by atoms with Gasteiger partial charge in [0.2, 0.25) is 11.8 Å². The number of benzene rings is 1. The topological polar surface area (TPSA) is 49.4 Å². The van der Waals surface area contributed by atoms with E-state index < -0.39 is 0 Å². The number of carbonyl (C=O) groups is 2. The van der Waals surface area contributed by atoms with E-state index in [4.69, 9.17) is 0 Å². The van der Waals surface area contributed by atoms with Crippen molar-refractivity contribution in [3.63, 3.8) is 0 Å². The first-order valence-electron chi connectivity index (χ1n) is 11.6. The molecule has 4 aliphatic carbocycles. The van der Waals surface area contributed by atoms with Gasteiger partial charge in [0.05, 0.1) is 0 Å². The van der Waals surface area contributed by atoms with Gasteiger partial charge in [-0.1, -0.05) is 37.3 Å². The fourth-order valence-electron chi connectivity index (χ4n) is 6.49. The molecule has 158 valence electrons.